The zero-order valence-electron chi connectivity index (χ0n) is 15.9. The number of halogens is 1. The number of nitrogens with two attached hydrogens (primary N) is 1. The predicted octanol–water partition coefficient (Wildman–Crippen LogP) is 2.25. The van der Waals surface area contributed by atoms with Crippen LogP contribution < -0.4 is 16.0 Å². The second-order valence-corrected chi connectivity index (χ2v) is 6.80. The Morgan fingerprint density at radius 2 is 1.81 bits per heavy atom. The van der Waals surface area contributed by atoms with Crippen molar-refractivity contribution < 1.29 is 4.79 Å². The summed E-state index contributed by atoms with van der Waals surface area (Å²) >= 11 is 0. The molecular weight excluding hydrogens is 362 g/mol. The molecule has 2 heterocycles. The number of hydrogen-bond acceptors (Lipinski definition) is 5. The number of amides is 1. The summed E-state index contributed by atoms with van der Waals surface area (Å²) in [5, 5.41) is 3.04. The van der Waals surface area contributed by atoms with Gasteiger partial charge in [-0.2, -0.15) is 0 Å². The molecule has 1 aliphatic rings. The van der Waals surface area contributed by atoms with Gasteiger partial charge in [0.1, 0.15) is 5.82 Å². The van der Waals surface area contributed by atoms with Crippen molar-refractivity contribution in [2.24, 2.45) is 0 Å². The van der Waals surface area contributed by atoms with Gasteiger partial charge in [-0.1, -0.05) is 6.07 Å². The number of nitrogens with one attached hydrogen (secondary N) is 1. The molecule has 0 spiro atoms. The van der Waals surface area contributed by atoms with Gasteiger partial charge in [0.2, 0.25) is 0 Å². The second-order valence-electron chi connectivity index (χ2n) is 6.80. The molecule has 0 aliphatic carbocycles. The predicted molar refractivity (Wildman–Crippen MR) is 113 cm³/mol. The topological polar surface area (TPSA) is 74.5 Å². The molecule has 7 heteroatoms. The molecule has 1 amide bonds. The maximum atomic E-state index is 12.5. The number of rotatable bonds is 5. The van der Waals surface area contributed by atoms with E-state index in [-0.39, 0.29) is 18.3 Å². The van der Waals surface area contributed by atoms with Crippen LogP contribution in [0.1, 0.15) is 21.5 Å². The van der Waals surface area contributed by atoms with Gasteiger partial charge in [-0.05, 0) is 49.2 Å². The fourth-order valence-electron chi connectivity index (χ4n) is 3.51. The van der Waals surface area contributed by atoms with E-state index in [2.05, 4.69) is 20.1 Å². The summed E-state index contributed by atoms with van der Waals surface area (Å²) in [6.45, 7) is 9.23. The smallest absolute Gasteiger partial charge is 0.251 e. The number of nitrogen functional groups attached to an aromatic ring is 1. The lowest BCUT2D eigenvalue weighted by atomic mass is 10.0. The van der Waals surface area contributed by atoms with Crippen molar-refractivity contribution in [3.63, 3.8) is 0 Å². The Bertz CT molecular complexity index is 737. The van der Waals surface area contributed by atoms with Gasteiger partial charge < -0.3 is 16.0 Å². The average molecular weight is 390 g/mol. The van der Waals surface area contributed by atoms with E-state index in [1.165, 1.54) is 0 Å². The minimum Gasteiger partial charge on any atom is -0.399 e. The Balaban J connectivity index is 0.00000261. The maximum absolute atomic E-state index is 12.5. The molecule has 0 saturated carbocycles. The van der Waals surface area contributed by atoms with Crippen molar-refractivity contribution >= 4 is 29.8 Å². The molecule has 0 unspecified atom stereocenters. The summed E-state index contributed by atoms with van der Waals surface area (Å²) < 4.78 is 0. The Hall–Kier alpha value is -2.31. The van der Waals surface area contributed by atoms with Gasteiger partial charge in [-0.25, -0.2) is 4.98 Å². The van der Waals surface area contributed by atoms with Gasteiger partial charge in [0.05, 0.1) is 0 Å². The SMILES string of the molecule is Cc1cc(N)cc(C)c1C(=O)NCCN1CCN(c2ccccn2)CC1.Cl. The van der Waals surface area contributed by atoms with E-state index in [1.807, 2.05) is 50.4 Å². The molecule has 1 aromatic carbocycles. The molecule has 1 aromatic heterocycles. The number of nitrogens with zero attached hydrogens (tertiary/aromatic N) is 3. The number of carbonyl (C=O) groups is 1. The Labute approximate surface area is 167 Å². The summed E-state index contributed by atoms with van der Waals surface area (Å²) in [7, 11) is 0. The van der Waals surface area contributed by atoms with E-state index in [9.17, 15) is 4.79 Å². The van der Waals surface area contributed by atoms with Gasteiger partial charge in [0.15, 0.2) is 0 Å². The quantitative estimate of drug-likeness (QED) is 0.767. The highest BCUT2D eigenvalue weighted by atomic mass is 35.5. The minimum absolute atomic E-state index is 0. The van der Waals surface area contributed by atoms with E-state index in [0.717, 1.165) is 55.2 Å². The third kappa shape index (κ3) is 5.34. The third-order valence-electron chi connectivity index (χ3n) is 4.84. The molecule has 1 fully saturated rings. The fraction of sp³-hybridized carbons (Fsp3) is 0.400. The molecular formula is C20H28ClN5O. The number of pyridine rings is 1. The Kier molecular flexibility index (Phi) is 7.45. The number of anilines is 2. The molecule has 1 aliphatic heterocycles. The van der Waals surface area contributed by atoms with Crippen LogP contribution in [0.3, 0.4) is 0 Å². The normalized spacial score (nSPS) is 14.5. The van der Waals surface area contributed by atoms with Crippen molar-refractivity contribution in [2.45, 2.75) is 13.8 Å². The molecule has 0 radical (unpaired) electrons. The minimum atomic E-state index is -0.0212. The van der Waals surface area contributed by atoms with Gasteiger partial charge in [0, 0.05) is 56.7 Å². The Morgan fingerprint density at radius 1 is 1.15 bits per heavy atom. The second kappa shape index (κ2) is 9.58. The lowest BCUT2D eigenvalue weighted by Crippen LogP contribution is -2.48. The molecule has 3 rings (SSSR count). The van der Waals surface area contributed by atoms with Gasteiger partial charge in [0.25, 0.3) is 5.91 Å². The van der Waals surface area contributed by atoms with Crippen LogP contribution in [0.5, 0.6) is 0 Å². The summed E-state index contributed by atoms with van der Waals surface area (Å²) in [5.41, 5.74) is 9.11. The largest absolute Gasteiger partial charge is 0.399 e. The van der Waals surface area contributed by atoms with Crippen molar-refractivity contribution in [3.8, 4) is 0 Å². The fourth-order valence-corrected chi connectivity index (χ4v) is 3.51. The number of aromatic nitrogens is 1. The standard InChI is InChI=1S/C20H27N5O.ClH/c1-15-13-17(21)14-16(2)19(15)20(26)23-7-8-24-9-11-25(12-10-24)18-5-3-4-6-22-18;/h3-6,13-14H,7-12,21H2,1-2H3,(H,23,26);1H. The van der Waals surface area contributed by atoms with Crippen LogP contribution in [-0.2, 0) is 0 Å². The monoisotopic (exact) mass is 389 g/mol. The van der Waals surface area contributed by atoms with Crippen molar-refractivity contribution in [1.82, 2.24) is 15.2 Å². The van der Waals surface area contributed by atoms with Crippen LogP contribution in [0.15, 0.2) is 36.5 Å². The average Bonchev–Trinajstić information content (AvgIpc) is 2.62. The summed E-state index contributed by atoms with van der Waals surface area (Å²) in [6, 6.07) is 9.70. The van der Waals surface area contributed by atoms with E-state index < -0.39 is 0 Å². The highest BCUT2D eigenvalue weighted by Crippen LogP contribution is 2.18. The number of benzene rings is 1. The zero-order valence-corrected chi connectivity index (χ0v) is 16.8. The number of piperazine rings is 1. The molecule has 3 N–H and O–H groups in total. The molecule has 0 atom stereocenters. The molecule has 2 aromatic rings. The van der Waals surface area contributed by atoms with Gasteiger partial charge >= 0.3 is 0 Å². The first kappa shape index (κ1) is 21.0. The molecule has 27 heavy (non-hydrogen) atoms. The summed E-state index contributed by atoms with van der Waals surface area (Å²) in [5.74, 6) is 1.02. The molecule has 1 saturated heterocycles. The first-order chi connectivity index (χ1) is 12.5. The lowest BCUT2D eigenvalue weighted by Gasteiger charge is -2.35. The van der Waals surface area contributed by atoms with Crippen molar-refractivity contribution in [1.29, 1.82) is 0 Å². The highest BCUT2D eigenvalue weighted by Gasteiger charge is 2.18. The van der Waals surface area contributed by atoms with E-state index >= 15 is 0 Å². The van der Waals surface area contributed by atoms with E-state index in [4.69, 9.17) is 5.73 Å². The third-order valence-corrected chi connectivity index (χ3v) is 4.84. The van der Waals surface area contributed by atoms with E-state index in [1.54, 1.807) is 0 Å². The first-order valence-electron chi connectivity index (χ1n) is 9.08. The molecule has 0 bridgehead atoms. The van der Waals surface area contributed by atoms with E-state index in [0.29, 0.717) is 12.2 Å². The zero-order chi connectivity index (χ0) is 18.5. The van der Waals surface area contributed by atoms with Crippen LogP contribution in [0.4, 0.5) is 11.5 Å². The summed E-state index contributed by atoms with van der Waals surface area (Å²) in [4.78, 5) is 21.6. The summed E-state index contributed by atoms with van der Waals surface area (Å²) in [6.07, 6.45) is 1.83. The van der Waals surface area contributed by atoms with Gasteiger partial charge in [-0.3, -0.25) is 9.69 Å². The van der Waals surface area contributed by atoms with Crippen LogP contribution in [-0.4, -0.2) is 55.1 Å². The van der Waals surface area contributed by atoms with Crippen LogP contribution in [0.25, 0.3) is 0 Å². The van der Waals surface area contributed by atoms with Crippen molar-refractivity contribution in [3.05, 3.63) is 53.2 Å². The first-order valence-corrected chi connectivity index (χ1v) is 9.08. The van der Waals surface area contributed by atoms with Crippen LogP contribution in [0.2, 0.25) is 0 Å². The Morgan fingerprint density at radius 3 is 2.41 bits per heavy atom. The highest BCUT2D eigenvalue weighted by molar-refractivity contribution is 5.97. The molecule has 146 valence electrons. The van der Waals surface area contributed by atoms with Crippen LogP contribution in [0, 0.1) is 13.8 Å². The molecule has 6 nitrogen and oxygen atoms in total. The number of aryl methyl sites for hydroxylation is 2. The van der Waals surface area contributed by atoms with Crippen molar-refractivity contribution in [2.75, 3.05) is 49.9 Å². The number of carbonyl (C=O) groups excluding carboxylic acids is 1. The number of hydrogen-bond donors (Lipinski definition) is 2. The maximum Gasteiger partial charge on any atom is 0.251 e. The lowest BCUT2D eigenvalue weighted by molar-refractivity contribution is 0.0946. The van der Waals surface area contributed by atoms with Gasteiger partial charge in [-0.15, -0.1) is 12.4 Å². The van der Waals surface area contributed by atoms with Crippen LogP contribution >= 0.6 is 12.4 Å².